The van der Waals surface area contributed by atoms with Crippen LogP contribution in [0.2, 0.25) is 0 Å². The molecule has 0 aromatic heterocycles. The molecule has 1 nitrogen and oxygen atoms in total. The van der Waals surface area contributed by atoms with Crippen LogP contribution in [0.15, 0.2) is 0 Å². The Kier molecular flexibility index (Phi) is 8.46. The first-order valence-electron chi connectivity index (χ1n) is 5.55. The Hall–Kier alpha value is 0.690. The zero-order valence-electron chi connectivity index (χ0n) is 9.01. The summed E-state index contributed by atoms with van der Waals surface area (Å²) in [7, 11) is 0. The molecular weight excluding hydrogens is 273 g/mol. The minimum atomic E-state index is 0. The summed E-state index contributed by atoms with van der Waals surface area (Å²) in [6.45, 7) is 7.23. The molecule has 0 bridgehead atoms. The number of hydrogen-bond donors (Lipinski definition) is 1. The van der Waals surface area contributed by atoms with Crippen LogP contribution in [0.25, 0.3) is 0 Å². The molecule has 13 heavy (non-hydrogen) atoms. The van der Waals surface area contributed by atoms with E-state index in [2.05, 4.69) is 19.2 Å². The lowest BCUT2D eigenvalue weighted by Crippen LogP contribution is -2.15. The van der Waals surface area contributed by atoms with Gasteiger partial charge in [-0.2, -0.15) is 0 Å². The molecule has 2 heteroatoms. The maximum Gasteiger partial charge on any atom is -0.00175 e. The van der Waals surface area contributed by atoms with Gasteiger partial charge >= 0.3 is 0 Å². The molecule has 0 aromatic carbocycles. The number of nitrogens with one attached hydrogen (secondary N) is 1. The summed E-state index contributed by atoms with van der Waals surface area (Å²) in [5, 5.41) is 3.44. The summed E-state index contributed by atoms with van der Waals surface area (Å²) in [4.78, 5) is 0. The molecule has 1 saturated heterocycles. The first kappa shape index (κ1) is 13.7. The van der Waals surface area contributed by atoms with Gasteiger partial charge in [0.25, 0.3) is 0 Å². The number of halogens is 1. The fraction of sp³-hybridized carbons (Fsp3) is 1.00. The molecule has 0 saturated carbocycles. The minimum absolute atomic E-state index is 0. The van der Waals surface area contributed by atoms with Crippen LogP contribution in [-0.4, -0.2) is 13.1 Å². The zero-order valence-corrected chi connectivity index (χ0v) is 11.3. The lowest BCUT2D eigenvalue weighted by molar-refractivity contribution is 0.352. The predicted octanol–water partition coefficient (Wildman–Crippen LogP) is 3.43. The second kappa shape index (κ2) is 8.04. The van der Waals surface area contributed by atoms with E-state index >= 15 is 0 Å². The molecule has 80 valence electrons. The fourth-order valence-corrected chi connectivity index (χ4v) is 2.11. The van der Waals surface area contributed by atoms with Gasteiger partial charge in [0.1, 0.15) is 0 Å². The second-order valence-electron chi connectivity index (χ2n) is 4.23. The van der Waals surface area contributed by atoms with Crippen LogP contribution in [0, 0.1) is 11.8 Å². The van der Waals surface area contributed by atoms with E-state index in [-0.39, 0.29) is 24.0 Å². The molecule has 1 N–H and O–H groups in total. The van der Waals surface area contributed by atoms with Crippen LogP contribution in [0.5, 0.6) is 0 Å². The fourth-order valence-electron chi connectivity index (χ4n) is 2.11. The topological polar surface area (TPSA) is 12.0 Å². The monoisotopic (exact) mass is 297 g/mol. The predicted molar refractivity (Wildman–Crippen MR) is 69.7 cm³/mol. The standard InChI is InChI=1S/C11H23N.HI/c1-3-4-5-6-10(2)11-7-8-12-9-11;/h10-12H,3-9H2,1-2H3;1H. The Morgan fingerprint density at radius 2 is 2.15 bits per heavy atom. The molecule has 1 aliphatic rings. The van der Waals surface area contributed by atoms with Crippen molar-refractivity contribution in [1.29, 1.82) is 0 Å². The lowest BCUT2D eigenvalue weighted by Gasteiger charge is -2.17. The van der Waals surface area contributed by atoms with E-state index in [0.717, 1.165) is 11.8 Å². The second-order valence-corrected chi connectivity index (χ2v) is 4.23. The SMILES string of the molecule is CCCCCC(C)C1CCNC1.I. The van der Waals surface area contributed by atoms with E-state index < -0.39 is 0 Å². The third-order valence-electron chi connectivity index (χ3n) is 3.17. The molecule has 0 aromatic rings. The molecular formula is C11H24IN. The highest BCUT2D eigenvalue weighted by Gasteiger charge is 2.20. The number of unbranched alkanes of at least 4 members (excludes halogenated alkanes) is 2. The van der Waals surface area contributed by atoms with Gasteiger partial charge in [-0.15, -0.1) is 24.0 Å². The third-order valence-corrected chi connectivity index (χ3v) is 3.17. The van der Waals surface area contributed by atoms with Gasteiger partial charge in [0.2, 0.25) is 0 Å². The Morgan fingerprint density at radius 3 is 2.69 bits per heavy atom. The first-order valence-corrected chi connectivity index (χ1v) is 5.55. The van der Waals surface area contributed by atoms with Crippen molar-refractivity contribution in [3.63, 3.8) is 0 Å². The lowest BCUT2D eigenvalue weighted by atomic mass is 9.89. The Morgan fingerprint density at radius 1 is 1.38 bits per heavy atom. The third kappa shape index (κ3) is 5.21. The molecule has 1 rings (SSSR count). The maximum absolute atomic E-state index is 3.44. The highest BCUT2D eigenvalue weighted by atomic mass is 127. The van der Waals surface area contributed by atoms with E-state index in [9.17, 15) is 0 Å². The smallest absolute Gasteiger partial charge is 0.00175 e. The van der Waals surface area contributed by atoms with Crippen molar-refractivity contribution < 1.29 is 0 Å². The van der Waals surface area contributed by atoms with Crippen molar-refractivity contribution in [3.8, 4) is 0 Å². The molecule has 1 aliphatic heterocycles. The van der Waals surface area contributed by atoms with E-state index in [1.807, 2.05) is 0 Å². The Bertz CT molecular complexity index is 111. The molecule has 0 amide bonds. The van der Waals surface area contributed by atoms with E-state index in [0.29, 0.717) is 0 Å². The van der Waals surface area contributed by atoms with Gasteiger partial charge in [0.05, 0.1) is 0 Å². The average Bonchev–Trinajstić information content (AvgIpc) is 2.56. The van der Waals surface area contributed by atoms with Crippen LogP contribution in [0.3, 0.4) is 0 Å². The summed E-state index contributed by atoms with van der Waals surface area (Å²) in [6, 6.07) is 0. The van der Waals surface area contributed by atoms with Gasteiger partial charge in [-0.25, -0.2) is 0 Å². The highest BCUT2D eigenvalue weighted by Crippen LogP contribution is 2.23. The summed E-state index contributed by atoms with van der Waals surface area (Å²) >= 11 is 0. The van der Waals surface area contributed by atoms with Gasteiger partial charge in [0, 0.05) is 0 Å². The Labute approximate surface area is 100 Å². The first-order chi connectivity index (χ1) is 5.84. The van der Waals surface area contributed by atoms with E-state index in [4.69, 9.17) is 0 Å². The van der Waals surface area contributed by atoms with E-state index in [1.165, 1.54) is 45.2 Å². The number of hydrogen-bond acceptors (Lipinski definition) is 1. The van der Waals surface area contributed by atoms with Gasteiger partial charge in [-0.1, -0.05) is 39.5 Å². The normalized spacial score (nSPS) is 24.0. The highest BCUT2D eigenvalue weighted by molar-refractivity contribution is 14.0. The molecule has 1 fully saturated rings. The van der Waals surface area contributed by atoms with Gasteiger partial charge in [-0.05, 0) is 31.3 Å². The summed E-state index contributed by atoms with van der Waals surface area (Å²) in [5.41, 5.74) is 0. The van der Waals surface area contributed by atoms with E-state index in [1.54, 1.807) is 0 Å². The summed E-state index contributed by atoms with van der Waals surface area (Å²) in [5.74, 6) is 1.92. The minimum Gasteiger partial charge on any atom is -0.316 e. The largest absolute Gasteiger partial charge is 0.316 e. The molecule has 1 heterocycles. The summed E-state index contributed by atoms with van der Waals surface area (Å²) < 4.78 is 0. The van der Waals surface area contributed by atoms with Crippen molar-refractivity contribution in [1.82, 2.24) is 5.32 Å². The van der Waals surface area contributed by atoms with Gasteiger partial charge in [0.15, 0.2) is 0 Å². The quantitative estimate of drug-likeness (QED) is 0.605. The van der Waals surface area contributed by atoms with Crippen LogP contribution in [-0.2, 0) is 0 Å². The molecule has 0 aliphatic carbocycles. The van der Waals surface area contributed by atoms with Crippen LogP contribution in [0.4, 0.5) is 0 Å². The molecule has 0 spiro atoms. The molecule has 0 radical (unpaired) electrons. The zero-order chi connectivity index (χ0) is 8.81. The van der Waals surface area contributed by atoms with Crippen molar-refractivity contribution in [2.45, 2.75) is 46.0 Å². The maximum atomic E-state index is 3.44. The van der Waals surface area contributed by atoms with Crippen molar-refractivity contribution in [2.75, 3.05) is 13.1 Å². The van der Waals surface area contributed by atoms with Crippen molar-refractivity contribution >= 4 is 24.0 Å². The Balaban J connectivity index is 0.00000144. The van der Waals surface area contributed by atoms with Gasteiger partial charge < -0.3 is 5.32 Å². The van der Waals surface area contributed by atoms with Crippen LogP contribution in [0.1, 0.15) is 46.0 Å². The molecule has 2 unspecified atom stereocenters. The molecule has 2 atom stereocenters. The van der Waals surface area contributed by atoms with Crippen molar-refractivity contribution in [3.05, 3.63) is 0 Å². The number of rotatable bonds is 5. The average molecular weight is 297 g/mol. The van der Waals surface area contributed by atoms with Crippen molar-refractivity contribution in [2.24, 2.45) is 11.8 Å². The van der Waals surface area contributed by atoms with Gasteiger partial charge in [-0.3, -0.25) is 0 Å². The summed E-state index contributed by atoms with van der Waals surface area (Å²) in [6.07, 6.45) is 7.07. The van der Waals surface area contributed by atoms with Crippen LogP contribution >= 0.6 is 24.0 Å². The van der Waals surface area contributed by atoms with Crippen LogP contribution < -0.4 is 5.32 Å².